The molecular weight excluding hydrogens is 194 g/mol. The molecule has 0 aromatic carbocycles. The van der Waals surface area contributed by atoms with Crippen molar-refractivity contribution in [2.45, 2.75) is 5.92 Å². The van der Waals surface area contributed by atoms with Crippen molar-refractivity contribution < 1.29 is 13.6 Å². The average Bonchev–Trinajstić information content (AvgIpc) is 2.19. The summed E-state index contributed by atoms with van der Waals surface area (Å²) in [6.07, 6.45) is 3.79. The molecular formula is C7H8F2N4O. The number of anilines is 1. The number of nitrogens with one attached hydrogen (secondary N) is 1. The number of amides is 1. The number of halogens is 2. The van der Waals surface area contributed by atoms with E-state index in [1.807, 2.05) is 5.32 Å². The van der Waals surface area contributed by atoms with E-state index in [0.717, 1.165) is 6.20 Å². The Kier molecular flexibility index (Phi) is 3.03. The number of carbonyl (C=O) groups is 1. The van der Waals surface area contributed by atoms with Crippen molar-refractivity contribution >= 4 is 11.7 Å². The van der Waals surface area contributed by atoms with E-state index in [-0.39, 0.29) is 5.82 Å². The third-order valence-electron chi connectivity index (χ3n) is 1.39. The number of nitrogens with zero attached hydrogens (tertiary/aromatic N) is 2. The van der Waals surface area contributed by atoms with Crippen LogP contribution in [0.1, 0.15) is 0 Å². The quantitative estimate of drug-likeness (QED) is 0.723. The van der Waals surface area contributed by atoms with Gasteiger partial charge in [-0.05, 0) is 0 Å². The second-order valence-electron chi connectivity index (χ2n) is 2.45. The molecule has 3 N–H and O–H groups in total. The predicted octanol–water partition coefficient (Wildman–Crippen LogP) is 0.00910. The van der Waals surface area contributed by atoms with E-state index in [4.69, 9.17) is 5.73 Å². The third-order valence-corrected chi connectivity index (χ3v) is 1.39. The van der Waals surface area contributed by atoms with Crippen LogP contribution < -0.4 is 11.1 Å². The summed E-state index contributed by atoms with van der Waals surface area (Å²) in [7, 11) is 0. The standard InChI is InChI=1S/C7H8F2N4O/c8-7(9,4-10)6(14)13-5-3-11-1-2-12-5/h1-3H,4,10H2,(H,12,13,14). The lowest BCUT2D eigenvalue weighted by Gasteiger charge is -2.12. The highest BCUT2D eigenvalue weighted by atomic mass is 19.3. The highest BCUT2D eigenvalue weighted by Crippen LogP contribution is 2.13. The summed E-state index contributed by atoms with van der Waals surface area (Å²) in [4.78, 5) is 18.0. The normalized spacial score (nSPS) is 11.1. The summed E-state index contributed by atoms with van der Waals surface area (Å²) >= 11 is 0. The summed E-state index contributed by atoms with van der Waals surface area (Å²) in [5.41, 5.74) is 4.71. The van der Waals surface area contributed by atoms with Gasteiger partial charge in [0.15, 0.2) is 5.82 Å². The van der Waals surface area contributed by atoms with E-state index in [9.17, 15) is 13.6 Å². The Morgan fingerprint density at radius 2 is 2.29 bits per heavy atom. The molecule has 0 aliphatic heterocycles. The zero-order valence-electron chi connectivity index (χ0n) is 7.08. The highest BCUT2D eigenvalue weighted by molar-refractivity contribution is 5.95. The first-order valence-electron chi connectivity index (χ1n) is 3.71. The van der Waals surface area contributed by atoms with Gasteiger partial charge >= 0.3 is 5.92 Å². The fourth-order valence-corrected chi connectivity index (χ4v) is 0.664. The van der Waals surface area contributed by atoms with Crippen molar-refractivity contribution in [1.29, 1.82) is 0 Å². The van der Waals surface area contributed by atoms with Crippen LogP contribution in [0.25, 0.3) is 0 Å². The maximum Gasteiger partial charge on any atom is 0.336 e. The Morgan fingerprint density at radius 3 is 2.79 bits per heavy atom. The molecule has 14 heavy (non-hydrogen) atoms. The second-order valence-corrected chi connectivity index (χ2v) is 2.45. The van der Waals surface area contributed by atoms with Gasteiger partial charge in [-0.2, -0.15) is 8.78 Å². The SMILES string of the molecule is NCC(F)(F)C(=O)Nc1cnccn1. The number of hydrogen-bond donors (Lipinski definition) is 2. The van der Waals surface area contributed by atoms with Crippen LogP contribution in [0.15, 0.2) is 18.6 Å². The molecule has 1 rings (SSSR count). The monoisotopic (exact) mass is 202 g/mol. The number of aromatic nitrogens is 2. The summed E-state index contributed by atoms with van der Waals surface area (Å²) in [6.45, 7) is -1.04. The fraction of sp³-hybridized carbons (Fsp3) is 0.286. The Balaban J connectivity index is 2.67. The molecule has 0 atom stereocenters. The molecule has 0 spiro atoms. The summed E-state index contributed by atoms with van der Waals surface area (Å²) in [5, 5.41) is 1.89. The van der Waals surface area contributed by atoms with E-state index in [2.05, 4.69) is 9.97 Å². The van der Waals surface area contributed by atoms with Gasteiger partial charge in [0.1, 0.15) is 0 Å². The van der Waals surface area contributed by atoms with Gasteiger partial charge in [-0.1, -0.05) is 0 Å². The molecule has 1 amide bonds. The molecule has 1 heterocycles. The average molecular weight is 202 g/mol. The topological polar surface area (TPSA) is 80.9 Å². The molecule has 7 heteroatoms. The number of carbonyl (C=O) groups excluding carboxylic acids is 1. The van der Waals surface area contributed by atoms with Crippen molar-refractivity contribution in [1.82, 2.24) is 9.97 Å². The first kappa shape index (κ1) is 10.5. The number of hydrogen-bond acceptors (Lipinski definition) is 4. The minimum atomic E-state index is -3.59. The Bertz CT molecular complexity index is 317. The smallest absolute Gasteiger partial charge is 0.325 e. The van der Waals surface area contributed by atoms with Crippen LogP contribution in [0.2, 0.25) is 0 Å². The van der Waals surface area contributed by atoms with Gasteiger partial charge in [0, 0.05) is 12.4 Å². The Morgan fingerprint density at radius 1 is 1.57 bits per heavy atom. The fourth-order valence-electron chi connectivity index (χ4n) is 0.664. The minimum Gasteiger partial charge on any atom is -0.325 e. The molecule has 0 radical (unpaired) electrons. The van der Waals surface area contributed by atoms with Crippen LogP contribution in [0.3, 0.4) is 0 Å². The maximum absolute atomic E-state index is 12.6. The first-order valence-corrected chi connectivity index (χ1v) is 3.71. The van der Waals surface area contributed by atoms with Crippen LogP contribution in [0, 0.1) is 0 Å². The molecule has 1 aromatic rings. The van der Waals surface area contributed by atoms with Crippen LogP contribution in [0.4, 0.5) is 14.6 Å². The van der Waals surface area contributed by atoms with E-state index in [1.165, 1.54) is 12.4 Å². The molecule has 76 valence electrons. The van der Waals surface area contributed by atoms with Crippen LogP contribution in [-0.4, -0.2) is 28.3 Å². The molecule has 5 nitrogen and oxygen atoms in total. The van der Waals surface area contributed by atoms with E-state index in [0.29, 0.717) is 0 Å². The largest absolute Gasteiger partial charge is 0.336 e. The molecule has 0 saturated heterocycles. The molecule has 0 unspecified atom stereocenters. The summed E-state index contributed by atoms with van der Waals surface area (Å²) in [6, 6.07) is 0. The van der Waals surface area contributed by atoms with E-state index < -0.39 is 18.4 Å². The lowest BCUT2D eigenvalue weighted by Crippen LogP contribution is -2.41. The lowest BCUT2D eigenvalue weighted by molar-refractivity contribution is -0.138. The molecule has 0 aliphatic rings. The van der Waals surface area contributed by atoms with Crippen molar-refractivity contribution in [3.8, 4) is 0 Å². The van der Waals surface area contributed by atoms with Gasteiger partial charge in [-0.25, -0.2) is 4.98 Å². The number of nitrogens with two attached hydrogens (primary N) is 1. The summed E-state index contributed by atoms with van der Waals surface area (Å²) in [5.74, 6) is -5.11. The van der Waals surface area contributed by atoms with Gasteiger partial charge in [0.2, 0.25) is 0 Å². The lowest BCUT2D eigenvalue weighted by atomic mass is 10.3. The van der Waals surface area contributed by atoms with Crippen LogP contribution in [0.5, 0.6) is 0 Å². The highest BCUT2D eigenvalue weighted by Gasteiger charge is 2.37. The van der Waals surface area contributed by atoms with Crippen molar-refractivity contribution in [2.24, 2.45) is 5.73 Å². The van der Waals surface area contributed by atoms with Gasteiger partial charge in [-0.15, -0.1) is 0 Å². The van der Waals surface area contributed by atoms with Crippen LogP contribution >= 0.6 is 0 Å². The molecule has 1 aromatic heterocycles. The molecule has 0 saturated carbocycles. The molecule has 0 bridgehead atoms. The van der Waals surface area contributed by atoms with E-state index >= 15 is 0 Å². The first-order chi connectivity index (χ1) is 6.56. The van der Waals surface area contributed by atoms with Gasteiger partial charge in [-0.3, -0.25) is 9.78 Å². The predicted molar refractivity (Wildman–Crippen MR) is 44.7 cm³/mol. The molecule has 0 aliphatic carbocycles. The number of rotatable bonds is 3. The van der Waals surface area contributed by atoms with Crippen molar-refractivity contribution in [3.05, 3.63) is 18.6 Å². The number of alkyl halides is 2. The van der Waals surface area contributed by atoms with Gasteiger partial charge in [0.05, 0.1) is 12.7 Å². The minimum absolute atomic E-state index is 0.0365. The van der Waals surface area contributed by atoms with Gasteiger partial charge < -0.3 is 11.1 Å². The van der Waals surface area contributed by atoms with Crippen molar-refractivity contribution in [3.63, 3.8) is 0 Å². The zero-order chi connectivity index (χ0) is 10.6. The zero-order valence-corrected chi connectivity index (χ0v) is 7.08. The molecule has 0 fully saturated rings. The van der Waals surface area contributed by atoms with Crippen molar-refractivity contribution in [2.75, 3.05) is 11.9 Å². The van der Waals surface area contributed by atoms with Crippen LogP contribution in [-0.2, 0) is 4.79 Å². The Hall–Kier alpha value is -1.63. The Labute approximate surface area is 78.3 Å². The second kappa shape index (κ2) is 4.05. The van der Waals surface area contributed by atoms with Gasteiger partial charge in [0.25, 0.3) is 5.91 Å². The maximum atomic E-state index is 12.6. The third kappa shape index (κ3) is 2.43. The summed E-state index contributed by atoms with van der Waals surface area (Å²) < 4.78 is 25.3. The van der Waals surface area contributed by atoms with E-state index in [1.54, 1.807) is 0 Å².